The molecule has 1 amide bonds. The van der Waals surface area contributed by atoms with Crippen LogP contribution < -0.4 is 11.1 Å². The van der Waals surface area contributed by atoms with E-state index in [1.807, 2.05) is 30.7 Å². The van der Waals surface area contributed by atoms with Gasteiger partial charge in [-0.1, -0.05) is 12.1 Å². The highest BCUT2D eigenvalue weighted by molar-refractivity contribution is 5.81. The molecular formula is C16H21N3O2. The van der Waals surface area contributed by atoms with Gasteiger partial charge in [-0.2, -0.15) is 0 Å². The number of benzene rings is 1. The van der Waals surface area contributed by atoms with Gasteiger partial charge in [0.15, 0.2) is 0 Å². The highest BCUT2D eigenvalue weighted by atomic mass is 16.3. The number of phenols is 1. The van der Waals surface area contributed by atoms with Gasteiger partial charge in [-0.05, 0) is 43.2 Å². The number of hydrogen-bond acceptors (Lipinski definition) is 3. The van der Waals surface area contributed by atoms with E-state index in [9.17, 15) is 9.90 Å². The van der Waals surface area contributed by atoms with Crippen molar-refractivity contribution in [3.8, 4) is 5.75 Å². The van der Waals surface area contributed by atoms with Crippen molar-refractivity contribution < 1.29 is 9.90 Å². The molecule has 112 valence electrons. The Labute approximate surface area is 124 Å². The van der Waals surface area contributed by atoms with Gasteiger partial charge in [0.05, 0.1) is 12.6 Å². The Morgan fingerprint density at radius 2 is 1.95 bits per heavy atom. The Morgan fingerprint density at radius 3 is 2.52 bits per heavy atom. The van der Waals surface area contributed by atoms with Crippen molar-refractivity contribution >= 4 is 5.91 Å². The highest BCUT2D eigenvalue weighted by Crippen LogP contribution is 2.11. The van der Waals surface area contributed by atoms with Crippen LogP contribution >= 0.6 is 0 Å². The van der Waals surface area contributed by atoms with Gasteiger partial charge in [-0.15, -0.1) is 0 Å². The predicted molar refractivity (Wildman–Crippen MR) is 81.8 cm³/mol. The molecule has 0 unspecified atom stereocenters. The van der Waals surface area contributed by atoms with E-state index >= 15 is 0 Å². The molecular weight excluding hydrogens is 266 g/mol. The van der Waals surface area contributed by atoms with Crippen LogP contribution in [0, 0.1) is 6.92 Å². The number of hydrogen-bond donors (Lipinski definition) is 3. The number of aromatic hydroxyl groups is 1. The van der Waals surface area contributed by atoms with Crippen LogP contribution in [0.5, 0.6) is 5.75 Å². The lowest BCUT2D eigenvalue weighted by Crippen LogP contribution is -2.41. The van der Waals surface area contributed by atoms with E-state index in [1.165, 1.54) is 0 Å². The number of aryl methyl sites for hydroxylation is 1. The average molecular weight is 287 g/mol. The molecule has 2 aromatic rings. The summed E-state index contributed by atoms with van der Waals surface area (Å²) in [6.07, 6.45) is 0.443. The molecule has 1 aromatic carbocycles. The van der Waals surface area contributed by atoms with Gasteiger partial charge < -0.3 is 20.7 Å². The summed E-state index contributed by atoms with van der Waals surface area (Å²) in [5, 5.41) is 12.1. The lowest BCUT2D eigenvalue weighted by Gasteiger charge is -2.13. The fourth-order valence-electron chi connectivity index (χ4n) is 2.13. The maximum atomic E-state index is 12.0. The minimum Gasteiger partial charge on any atom is -0.508 e. The monoisotopic (exact) mass is 287 g/mol. The van der Waals surface area contributed by atoms with Crippen LogP contribution in [0.3, 0.4) is 0 Å². The number of nitrogens with zero attached hydrogens (tertiary/aromatic N) is 1. The van der Waals surface area contributed by atoms with Crippen molar-refractivity contribution in [1.82, 2.24) is 9.88 Å². The number of nitrogens with one attached hydrogen (secondary N) is 1. The van der Waals surface area contributed by atoms with Crippen molar-refractivity contribution in [3.05, 3.63) is 53.3 Å². The fourth-order valence-corrected chi connectivity index (χ4v) is 2.13. The van der Waals surface area contributed by atoms with Gasteiger partial charge >= 0.3 is 0 Å². The summed E-state index contributed by atoms with van der Waals surface area (Å²) in [7, 11) is 1.97. The number of amides is 1. The van der Waals surface area contributed by atoms with E-state index in [0.717, 1.165) is 17.0 Å². The lowest BCUT2D eigenvalue weighted by molar-refractivity contribution is -0.122. The molecule has 0 spiro atoms. The Bertz CT molecular complexity index is 617. The number of phenolic OH excluding ortho intramolecular Hbond substituents is 1. The van der Waals surface area contributed by atoms with Crippen LogP contribution in [0.25, 0.3) is 0 Å². The number of rotatable bonds is 5. The molecule has 2 rings (SSSR count). The van der Waals surface area contributed by atoms with Crippen LogP contribution in [0.15, 0.2) is 36.4 Å². The molecule has 0 saturated carbocycles. The summed E-state index contributed by atoms with van der Waals surface area (Å²) in [5.74, 6) is 0.0257. The van der Waals surface area contributed by atoms with Crippen LogP contribution in [-0.2, 0) is 24.8 Å². The summed E-state index contributed by atoms with van der Waals surface area (Å²) in [6.45, 7) is 2.48. The minimum atomic E-state index is -0.601. The quantitative estimate of drug-likeness (QED) is 0.773. The van der Waals surface area contributed by atoms with E-state index in [0.29, 0.717) is 13.0 Å². The normalized spacial score (nSPS) is 12.1. The molecule has 5 heteroatoms. The number of carbonyl (C=O) groups excluding carboxylic acids is 1. The van der Waals surface area contributed by atoms with Gasteiger partial charge in [0.2, 0.25) is 5.91 Å². The van der Waals surface area contributed by atoms with Gasteiger partial charge in [0, 0.05) is 18.4 Å². The molecule has 0 radical (unpaired) electrons. The van der Waals surface area contributed by atoms with Gasteiger partial charge in [-0.25, -0.2) is 0 Å². The maximum Gasteiger partial charge on any atom is 0.237 e. The van der Waals surface area contributed by atoms with Crippen molar-refractivity contribution in [2.75, 3.05) is 0 Å². The van der Waals surface area contributed by atoms with Crippen LogP contribution in [0.2, 0.25) is 0 Å². The molecule has 1 atom stereocenters. The van der Waals surface area contributed by atoms with Gasteiger partial charge in [0.25, 0.3) is 0 Å². The molecule has 4 N–H and O–H groups in total. The second kappa shape index (κ2) is 6.45. The topological polar surface area (TPSA) is 80.3 Å². The van der Waals surface area contributed by atoms with Crippen molar-refractivity contribution in [2.45, 2.75) is 25.9 Å². The lowest BCUT2D eigenvalue weighted by atomic mass is 10.1. The molecule has 0 saturated heterocycles. The SMILES string of the molecule is Cc1ccc(CNC(=O)[C@@H](N)Cc2ccc(O)cc2)n1C. The second-order valence-corrected chi connectivity index (χ2v) is 5.22. The Hall–Kier alpha value is -2.27. The van der Waals surface area contributed by atoms with Crippen LogP contribution in [0.4, 0.5) is 0 Å². The molecule has 5 nitrogen and oxygen atoms in total. The van der Waals surface area contributed by atoms with Crippen LogP contribution in [-0.4, -0.2) is 21.6 Å². The summed E-state index contributed by atoms with van der Waals surface area (Å²) < 4.78 is 2.03. The highest BCUT2D eigenvalue weighted by Gasteiger charge is 2.14. The van der Waals surface area contributed by atoms with Crippen molar-refractivity contribution in [2.24, 2.45) is 12.8 Å². The molecule has 0 aliphatic carbocycles. The van der Waals surface area contributed by atoms with Crippen molar-refractivity contribution in [3.63, 3.8) is 0 Å². The van der Waals surface area contributed by atoms with Crippen LogP contribution in [0.1, 0.15) is 17.0 Å². The number of aromatic nitrogens is 1. The zero-order valence-electron chi connectivity index (χ0n) is 12.3. The third-order valence-corrected chi connectivity index (χ3v) is 3.65. The predicted octanol–water partition coefficient (Wildman–Crippen LogP) is 1.23. The largest absolute Gasteiger partial charge is 0.508 e. The molecule has 21 heavy (non-hydrogen) atoms. The number of nitrogens with two attached hydrogens (primary N) is 1. The Morgan fingerprint density at radius 1 is 1.29 bits per heavy atom. The second-order valence-electron chi connectivity index (χ2n) is 5.22. The first-order valence-corrected chi connectivity index (χ1v) is 6.90. The Kier molecular flexibility index (Phi) is 4.65. The first-order valence-electron chi connectivity index (χ1n) is 6.90. The van der Waals surface area contributed by atoms with Gasteiger partial charge in [0.1, 0.15) is 5.75 Å². The first kappa shape index (κ1) is 15.1. The van der Waals surface area contributed by atoms with E-state index in [1.54, 1.807) is 24.3 Å². The van der Waals surface area contributed by atoms with E-state index < -0.39 is 6.04 Å². The number of carbonyl (C=O) groups is 1. The van der Waals surface area contributed by atoms with E-state index in [2.05, 4.69) is 5.32 Å². The molecule has 1 heterocycles. The fraction of sp³-hybridized carbons (Fsp3) is 0.312. The van der Waals surface area contributed by atoms with Gasteiger partial charge in [-0.3, -0.25) is 4.79 Å². The zero-order chi connectivity index (χ0) is 15.4. The summed E-state index contributed by atoms with van der Waals surface area (Å²) in [6, 6.07) is 10.1. The van der Waals surface area contributed by atoms with E-state index in [4.69, 9.17) is 5.73 Å². The standard InChI is InChI=1S/C16H21N3O2/c1-11-3-6-13(19(11)2)10-18-16(21)15(17)9-12-4-7-14(20)8-5-12/h3-8,15,20H,9-10,17H2,1-2H3,(H,18,21)/t15-/m0/s1. The molecule has 0 bridgehead atoms. The average Bonchev–Trinajstić information content (AvgIpc) is 2.78. The van der Waals surface area contributed by atoms with E-state index in [-0.39, 0.29) is 11.7 Å². The Balaban J connectivity index is 1.88. The molecule has 0 fully saturated rings. The third-order valence-electron chi connectivity index (χ3n) is 3.65. The molecule has 0 aliphatic heterocycles. The molecule has 1 aromatic heterocycles. The van der Waals surface area contributed by atoms with Crippen molar-refractivity contribution in [1.29, 1.82) is 0 Å². The summed E-state index contributed by atoms with van der Waals surface area (Å²) in [4.78, 5) is 12.0. The minimum absolute atomic E-state index is 0.179. The summed E-state index contributed by atoms with van der Waals surface area (Å²) in [5.41, 5.74) is 9.02. The molecule has 0 aliphatic rings. The maximum absolute atomic E-state index is 12.0. The third kappa shape index (κ3) is 3.86. The smallest absolute Gasteiger partial charge is 0.237 e. The summed E-state index contributed by atoms with van der Waals surface area (Å²) >= 11 is 0. The first-order chi connectivity index (χ1) is 9.97. The zero-order valence-corrected chi connectivity index (χ0v) is 12.3.